The van der Waals surface area contributed by atoms with E-state index < -0.39 is 38.0 Å². The Kier molecular flexibility index (Phi) is 2.61. The zero-order valence-electron chi connectivity index (χ0n) is 7.83. The van der Waals surface area contributed by atoms with Gasteiger partial charge in [0.1, 0.15) is 0 Å². The molecule has 0 aromatic heterocycles. The minimum Gasteiger partial charge on any atom is -0.223 e. The third kappa shape index (κ3) is 2.13. The van der Waals surface area contributed by atoms with Crippen molar-refractivity contribution in [3.05, 3.63) is 20.6 Å². The van der Waals surface area contributed by atoms with Gasteiger partial charge in [-0.3, -0.25) is 0 Å². The first-order valence-corrected chi connectivity index (χ1v) is 8.81. The van der Waals surface area contributed by atoms with E-state index in [9.17, 15) is 25.3 Å². The molecule has 0 atom stereocenters. The van der Waals surface area contributed by atoms with E-state index in [-0.39, 0.29) is 0 Å². The van der Waals surface area contributed by atoms with E-state index in [1.807, 2.05) is 0 Å². The van der Waals surface area contributed by atoms with Gasteiger partial charge in [-0.25, -0.2) is 25.3 Å². The average Bonchev–Trinajstić information content (AvgIpc) is 2.21. The summed E-state index contributed by atoms with van der Waals surface area (Å²) in [6.45, 7) is 0. The first-order valence-electron chi connectivity index (χ1n) is 3.54. The van der Waals surface area contributed by atoms with Crippen LogP contribution < -0.4 is 0 Å². The molecule has 0 fully saturated rings. The second-order valence-corrected chi connectivity index (χ2v) is 9.39. The molecule has 0 saturated heterocycles. The van der Waals surface area contributed by atoms with Crippen molar-refractivity contribution < 1.29 is 25.3 Å². The first kappa shape index (κ1) is 12.4. The van der Waals surface area contributed by atoms with Gasteiger partial charge in [-0.15, -0.1) is 0 Å². The lowest BCUT2D eigenvalue weighted by molar-refractivity contribution is 0.600. The summed E-state index contributed by atoms with van der Waals surface area (Å²) in [7, 11) is -12.3. The summed E-state index contributed by atoms with van der Waals surface area (Å²) in [6.07, 6.45) is 2.97. The van der Waals surface area contributed by atoms with Crippen molar-refractivity contribution >= 4 is 29.5 Å². The molecule has 0 bridgehead atoms. The molecule has 1 aliphatic heterocycles. The number of sulfone groups is 3. The lowest BCUT2D eigenvalue weighted by atomic mass is 10.6. The molecule has 0 amide bonds. The molecular weight excluding hydrogens is 264 g/mol. The Balaban J connectivity index is 3.50. The molecule has 1 aliphatic rings. The first-order chi connectivity index (χ1) is 6.47. The standard InChI is InChI=1S/C6H8O6S3/c1-13(7,8)5-3-4-6(14(2,9)10)15(5,11)12/h3-4H,1-2H3. The Labute approximate surface area is 88.1 Å². The zero-order valence-corrected chi connectivity index (χ0v) is 10.3. The molecule has 0 spiro atoms. The molecule has 9 heteroatoms. The summed E-state index contributed by atoms with van der Waals surface area (Å²) in [4.78, 5) is 0. The maximum Gasteiger partial charge on any atom is 0.228 e. The number of hydrogen-bond acceptors (Lipinski definition) is 6. The average molecular weight is 272 g/mol. The summed E-state index contributed by atoms with van der Waals surface area (Å²) in [5.41, 5.74) is 0. The van der Waals surface area contributed by atoms with Crippen molar-refractivity contribution in [3.8, 4) is 0 Å². The zero-order chi connectivity index (χ0) is 12.1. The van der Waals surface area contributed by atoms with Crippen LogP contribution in [0.1, 0.15) is 0 Å². The van der Waals surface area contributed by atoms with Crippen molar-refractivity contribution in [2.45, 2.75) is 0 Å². The Morgan fingerprint density at radius 3 is 1.27 bits per heavy atom. The van der Waals surface area contributed by atoms with Gasteiger partial charge >= 0.3 is 0 Å². The van der Waals surface area contributed by atoms with Crippen molar-refractivity contribution in [1.29, 1.82) is 0 Å². The van der Waals surface area contributed by atoms with Gasteiger partial charge in [-0.05, 0) is 12.2 Å². The number of allylic oxidation sites excluding steroid dienone is 2. The maximum atomic E-state index is 11.5. The molecule has 0 aromatic carbocycles. The predicted octanol–water partition coefficient (Wildman–Crippen LogP) is -0.813. The highest BCUT2D eigenvalue weighted by Gasteiger charge is 2.39. The van der Waals surface area contributed by atoms with Crippen LogP contribution in [0, 0.1) is 0 Å². The van der Waals surface area contributed by atoms with Gasteiger partial charge in [0, 0.05) is 12.5 Å². The van der Waals surface area contributed by atoms with E-state index in [1.54, 1.807) is 0 Å². The fraction of sp³-hybridized carbons (Fsp3) is 0.333. The summed E-state index contributed by atoms with van der Waals surface area (Å²) < 4.78 is 65.4. The van der Waals surface area contributed by atoms with Crippen molar-refractivity contribution in [3.63, 3.8) is 0 Å². The third-order valence-electron chi connectivity index (χ3n) is 1.62. The highest BCUT2D eigenvalue weighted by Crippen LogP contribution is 2.30. The summed E-state index contributed by atoms with van der Waals surface area (Å²) in [5, 5.41) is 0. The number of hydrogen-bond donors (Lipinski definition) is 0. The van der Waals surface area contributed by atoms with Crippen LogP contribution in [0.15, 0.2) is 20.6 Å². The quantitative estimate of drug-likeness (QED) is 0.651. The molecule has 0 saturated carbocycles. The van der Waals surface area contributed by atoms with Gasteiger partial charge in [0.2, 0.25) is 9.84 Å². The van der Waals surface area contributed by atoms with Crippen molar-refractivity contribution in [2.75, 3.05) is 12.5 Å². The van der Waals surface area contributed by atoms with Crippen LogP contribution in [-0.2, 0) is 29.5 Å². The van der Waals surface area contributed by atoms with Crippen molar-refractivity contribution in [1.82, 2.24) is 0 Å². The Morgan fingerprint density at radius 2 is 1.13 bits per heavy atom. The maximum absolute atomic E-state index is 11.5. The number of rotatable bonds is 2. The fourth-order valence-electron chi connectivity index (χ4n) is 1.06. The van der Waals surface area contributed by atoms with E-state index >= 15 is 0 Å². The normalized spacial score (nSPS) is 20.9. The molecular formula is C6H8O6S3. The SMILES string of the molecule is CS(=O)(=O)C1=CC=C(S(C)(=O)=O)S1(=O)=O. The topological polar surface area (TPSA) is 102 Å². The van der Waals surface area contributed by atoms with Crippen LogP contribution in [0.2, 0.25) is 0 Å². The Bertz CT molecular complexity index is 602. The van der Waals surface area contributed by atoms with Gasteiger partial charge < -0.3 is 0 Å². The van der Waals surface area contributed by atoms with Gasteiger partial charge in [0.15, 0.2) is 28.1 Å². The third-order valence-corrected chi connectivity index (χ3v) is 7.81. The van der Waals surface area contributed by atoms with Gasteiger partial charge in [0.25, 0.3) is 0 Å². The highest BCUT2D eigenvalue weighted by atomic mass is 32.3. The molecule has 1 heterocycles. The van der Waals surface area contributed by atoms with Crippen molar-refractivity contribution in [2.24, 2.45) is 0 Å². The van der Waals surface area contributed by atoms with E-state index in [0.29, 0.717) is 12.5 Å². The van der Waals surface area contributed by atoms with Crippen LogP contribution in [-0.4, -0.2) is 37.8 Å². The molecule has 0 unspecified atom stereocenters. The molecule has 0 N–H and O–H groups in total. The Morgan fingerprint density at radius 1 is 0.867 bits per heavy atom. The smallest absolute Gasteiger partial charge is 0.223 e. The second-order valence-electron chi connectivity index (χ2n) is 3.02. The van der Waals surface area contributed by atoms with E-state index in [4.69, 9.17) is 0 Å². The summed E-state index contributed by atoms with van der Waals surface area (Å²) in [5.74, 6) is 0. The Hall–Kier alpha value is -0.670. The minimum atomic E-state index is -4.40. The molecule has 6 nitrogen and oxygen atoms in total. The lowest BCUT2D eigenvalue weighted by Gasteiger charge is -2.03. The largest absolute Gasteiger partial charge is 0.228 e. The lowest BCUT2D eigenvalue weighted by Crippen LogP contribution is -2.15. The molecule has 1 rings (SSSR count). The van der Waals surface area contributed by atoms with Crippen LogP contribution in [0.3, 0.4) is 0 Å². The van der Waals surface area contributed by atoms with Crippen LogP contribution in [0.5, 0.6) is 0 Å². The van der Waals surface area contributed by atoms with Crippen LogP contribution >= 0.6 is 0 Å². The van der Waals surface area contributed by atoms with Crippen LogP contribution in [0.4, 0.5) is 0 Å². The summed E-state index contributed by atoms with van der Waals surface area (Å²) in [6, 6.07) is 0. The van der Waals surface area contributed by atoms with Gasteiger partial charge in [-0.2, -0.15) is 0 Å². The molecule has 86 valence electrons. The van der Waals surface area contributed by atoms with Gasteiger partial charge in [0.05, 0.1) is 0 Å². The van der Waals surface area contributed by atoms with E-state index in [1.165, 1.54) is 0 Å². The second kappa shape index (κ2) is 3.16. The minimum absolute atomic E-state index is 0.704. The molecule has 0 radical (unpaired) electrons. The van der Waals surface area contributed by atoms with E-state index in [0.717, 1.165) is 12.2 Å². The molecule has 0 aliphatic carbocycles. The predicted molar refractivity (Wildman–Crippen MR) is 54.8 cm³/mol. The monoisotopic (exact) mass is 272 g/mol. The van der Waals surface area contributed by atoms with E-state index in [2.05, 4.69) is 0 Å². The fourth-order valence-corrected chi connectivity index (χ4v) is 6.27. The summed E-state index contributed by atoms with van der Waals surface area (Å²) >= 11 is 0. The van der Waals surface area contributed by atoms with Crippen LogP contribution in [0.25, 0.3) is 0 Å². The van der Waals surface area contributed by atoms with Gasteiger partial charge in [-0.1, -0.05) is 0 Å². The molecule has 0 aromatic rings. The highest BCUT2D eigenvalue weighted by molar-refractivity contribution is 8.23. The molecule has 15 heavy (non-hydrogen) atoms.